The maximum absolute atomic E-state index is 14.6. The predicted molar refractivity (Wildman–Crippen MR) is 95.4 cm³/mol. The number of benzene rings is 1. The summed E-state index contributed by atoms with van der Waals surface area (Å²) in [6, 6.07) is 6.77. The Kier molecular flexibility index (Phi) is 4.44. The Labute approximate surface area is 154 Å². The highest BCUT2D eigenvalue weighted by Gasteiger charge is 2.44. The molecule has 8 heteroatoms. The molecule has 1 heterocycles. The van der Waals surface area contributed by atoms with Crippen molar-refractivity contribution in [2.24, 2.45) is 0 Å². The monoisotopic (exact) mass is 399 g/mol. The Balaban J connectivity index is 2.32. The summed E-state index contributed by atoms with van der Waals surface area (Å²) in [5.74, 6) is 0. The first-order chi connectivity index (χ1) is 11.5. The molecule has 0 fully saturated rings. The van der Waals surface area contributed by atoms with Crippen LogP contribution in [0.15, 0.2) is 22.4 Å². The minimum absolute atomic E-state index is 0.0351. The molecule has 1 aromatic heterocycles. The second-order valence-corrected chi connectivity index (χ2v) is 10.1. The van der Waals surface area contributed by atoms with E-state index < -0.39 is 21.6 Å². The molecular weight excluding hydrogens is 385 g/mol. The summed E-state index contributed by atoms with van der Waals surface area (Å²) in [7, 11) is -3.65. The normalized spacial score (nSPS) is 23.1. The molecule has 4 nitrogen and oxygen atoms in total. The van der Waals surface area contributed by atoms with Crippen molar-refractivity contribution in [1.82, 2.24) is 0 Å². The molecule has 1 aromatic carbocycles. The van der Waals surface area contributed by atoms with Gasteiger partial charge < -0.3 is 5.11 Å². The molecule has 0 spiro atoms. The van der Waals surface area contributed by atoms with Gasteiger partial charge in [0.1, 0.15) is 16.0 Å². The van der Waals surface area contributed by atoms with Gasteiger partial charge in [-0.25, -0.2) is 12.8 Å². The standard InChI is InChI=1S/C17H15ClFNO3S2/c1-17(19)4-3-12-13(15(17)21)16(25(2,22)23)24-14(12)10-5-9(8-20)6-11(18)7-10/h5-7,15,21H,3-4H2,1-2H3/t15-,17?/m0/s1. The van der Waals surface area contributed by atoms with Crippen LogP contribution in [0, 0.1) is 11.3 Å². The molecule has 3 rings (SSSR count). The van der Waals surface area contributed by atoms with Crippen molar-refractivity contribution in [1.29, 1.82) is 5.26 Å². The third-order valence-corrected chi connectivity index (χ3v) is 7.71. The lowest BCUT2D eigenvalue weighted by atomic mass is 9.81. The second kappa shape index (κ2) is 6.06. The number of rotatable bonds is 2. The van der Waals surface area contributed by atoms with Gasteiger partial charge in [-0.15, -0.1) is 11.3 Å². The van der Waals surface area contributed by atoms with Crippen LogP contribution in [-0.4, -0.2) is 25.4 Å². The van der Waals surface area contributed by atoms with Gasteiger partial charge in [0, 0.05) is 21.7 Å². The number of nitrogens with zero attached hydrogens (tertiary/aromatic N) is 1. The van der Waals surface area contributed by atoms with Gasteiger partial charge >= 0.3 is 0 Å². The summed E-state index contributed by atoms with van der Waals surface area (Å²) in [4.78, 5) is 0.601. The number of aliphatic hydroxyl groups excluding tert-OH is 1. The molecule has 0 aliphatic heterocycles. The van der Waals surface area contributed by atoms with Crippen LogP contribution in [0.5, 0.6) is 0 Å². The zero-order chi connectivity index (χ0) is 18.6. The highest BCUT2D eigenvalue weighted by molar-refractivity contribution is 7.92. The molecule has 2 atom stereocenters. The molecule has 1 N–H and O–H groups in total. The van der Waals surface area contributed by atoms with E-state index in [4.69, 9.17) is 16.9 Å². The molecular formula is C17H15ClFNO3S2. The highest BCUT2D eigenvalue weighted by atomic mass is 35.5. The second-order valence-electron chi connectivity index (χ2n) is 6.40. The van der Waals surface area contributed by atoms with Crippen molar-refractivity contribution >= 4 is 32.8 Å². The average Bonchev–Trinajstić information content (AvgIpc) is 2.90. The van der Waals surface area contributed by atoms with Gasteiger partial charge in [0.05, 0.1) is 11.6 Å². The van der Waals surface area contributed by atoms with Crippen molar-refractivity contribution in [2.75, 3.05) is 6.26 Å². The van der Waals surface area contributed by atoms with Gasteiger partial charge in [-0.3, -0.25) is 0 Å². The topological polar surface area (TPSA) is 78.2 Å². The fourth-order valence-electron chi connectivity index (χ4n) is 3.08. The fourth-order valence-corrected chi connectivity index (χ4v) is 5.91. The van der Waals surface area contributed by atoms with Crippen molar-refractivity contribution in [3.05, 3.63) is 39.9 Å². The first-order valence-electron chi connectivity index (χ1n) is 7.48. The third kappa shape index (κ3) is 3.20. The lowest BCUT2D eigenvalue weighted by molar-refractivity contribution is -0.0123. The summed E-state index contributed by atoms with van der Waals surface area (Å²) in [6.07, 6.45) is -0.0893. The molecule has 1 unspecified atom stereocenters. The number of thiophene rings is 1. The first kappa shape index (κ1) is 18.3. The van der Waals surface area contributed by atoms with Crippen LogP contribution in [-0.2, 0) is 16.3 Å². The lowest BCUT2D eigenvalue weighted by Gasteiger charge is -2.32. The van der Waals surface area contributed by atoms with Gasteiger partial charge in [-0.2, -0.15) is 5.26 Å². The number of alkyl halides is 1. The van der Waals surface area contributed by atoms with E-state index in [1.165, 1.54) is 13.0 Å². The van der Waals surface area contributed by atoms with Gasteiger partial charge in [-0.1, -0.05) is 11.6 Å². The number of aliphatic hydroxyl groups is 1. The molecule has 132 valence electrons. The summed E-state index contributed by atoms with van der Waals surface area (Å²) in [5.41, 5.74) is -0.208. The smallest absolute Gasteiger partial charge is 0.185 e. The van der Waals surface area contributed by atoms with Gasteiger partial charge in [0.2, 0.25) is 0 Å². The third-order valence-electron chi connectivity index (χ3n) is 4.35. The van der Waals surface area contributed by atoms with Crippen LogP contribution in [0.2, 0.25) is 5.02 Å². The van der Waals surface area contributed by atoms with E-state index in [9.17, 15) is 17.9 Å². The van der Waals surface area contributed by atoms with Crippen molar-refractivity contribution in [3.8, 4) is 16.5 Å². The largest absolute Gasteiger partial charge is 0.385 e. The van der Waals surface area contributed by atoms with E-state index in [2.05, 4.69) is 0 Å². The number of hydrogen-bond donors (Lipinski definition) is 1. The Morgan fingerprint density at radius 3 is 2.72 bits per heavy atom. The van der Waals surface area contributed by atoms with Crippen LogP contribution in [0.25, 0.3) is 10.4 Å². The molecule has 0 amide bonds. The van der Waals surface area contributed by atoms with Gasteiger partial charge in [0.15, 0.2) is 9.84 Å². The van der Waals surface area contributed by atoms with E-state index >= 15 is 0 Å². The number of sulfone groups is 1. The molecule has 0 saturated carbocycles. The molecule has 0 radical (unpaired) electrons. The van der Waals surface area contributed by atoms with Crippen molar-refractivity contribution < 1.29 is 17.9 Å². The number of halogens is 2. The van der Waals surface area contributed by atoms with E-state index in [1.54, 1.807) is 12.1 Å². The fraction of sp³-hybridized carbons (Fsp3) is 0.353. The summed E-state index contributed by atoms with van der Waals surface area (Å²) >= 11 is 7.04. The number of hydrogen-bond acceptors (Lipinski definition) is 5. The predicted octanol–water partition coefficient (Wildman–Crippen LogP) is 4.05. The Morgan fingerprint density at radius 2 is 2.12 bits per heavy atom. The van der Waals surface area contributed by atoms with Gasteiger partial charge in [-0.05, 0) is 49.1 Å². The number of nitriles is 1. The molecule has 2 aromatic rings. The molecule has 0 bridgehead atoms. The molecule has 25 heavy (non-hydrogen) atoms. The summed E-state index contributed by atoms with van der Waals surface area (Å²) in [5, 5.41) is 19.9. The molecule has 1 aliphatic rings. The summed E-state index contributed by atoms with van der Waals surface area (Å²) < 4.78 is 39.0. The number of fused-ring (bicyclic) bond motifs is 1. The maximum Gasteiger partial charge on any atom is 0.185 e. The Bertz CT molecular complexity index is 1010. The van der Waals surface area contributed by atoms with Crippen molar-refractivity contribution in [2.45, 2.75) is 35.7 Å². The zero-order valence-corrected chi connectivity index (χ0v) is 15.9. The molecule has 1 aliphatic carbocycles. The van der Waals surface area contributed by atoms with Crippen LogP contribution in [0.1, 0.15) is 36.1 Å². The van der Waals surface area contributed by atoms with E-state index in [-0.39, 0.29) is 16.2 Å². The zero-order valence-electron chi connectivity index (χ0n) is 13.5. The Morgan fingerprint density at radius 1 is 1.44 bits per heavy atom. The van der Waals surface area contributed by atoms with E-state index in [0.29, 0.717) is 33.0 Å². The van der Waals surface area contributed by atoms with Crippen LogP contribution in [0.4, 0.5) is 4.39 Å². The quantitative estimate of drug-likeness (QED) is 0.826. The van der Waals surface area contributed by atoms with E-state index in [1.807, 2.05) is 6.07 Å². The molecule has 0 saturated heterocycles. The van der Waals surface area contributed by atoms with Gasteiger partial charge in [0.25, 0.3) is 0 Å². The minimum Gasteiger partial charge on any atom is -0.385 e. The maximum atomic E-state index is 14.6. The Hall–Kier alpha value is -1.46. The minimum atomic E-state index is -3.65. The van der Waals surface area contributed by atoms with Crippen molar-refractivity contribution in [3.63, 3.8) is 0 Å². The average molecular weight is 400 g/mol. The first-order valence-corrected chi connectivity index (χ1v) is 10.6. The summed E-state index contributed by atoms with van der Waals surface area (Å²) in [6.45, 7) is 1.27. The van der Waals surface area contributed by atoms with Crippen LogP contribution in [0.3, 0.4) is 0 Å². The van der Waals surface area contributed by atoms with Crippen LogP contribution >= 0.6 is 22.9 Å². The van der Waals surface area contributed by atoms with E-state index in [0.717, 1.165) is 17.6 Å². The van der Waals surface area contributed by atoms with Crippen LogP contribution < -0.4 is 0 Å². The highest BCUT2D eigenvalue weighted by Crippen LogP contribution is 2.50. The lowest BCUT2D eigenvalue weighted by Crippen LogP contribution is -2.33. The SMILES string of the molecule is CC1(F)CCc2c(-c3cc(Cl)cc(C#N)c3)sc(S(C)(=O)=O)c2[C@@H]1O.